The number of benzene rings is 1. The lowest BCUT2D eigenvalue weighted by Gasteiger charge is -2.26. The van der Waals surface area contributed by atoms with Gasteiger partial charge in [0, 0.05) is 6.54 Å². The van der Waals surface area contributed by atoms with Crippen LogP contribution in [0, 0.1) is 17.2 Å². The summed E-state index contributed by atoms with van der Waals surface area (Å²) >= 11 is 0. The number of aliphatic hydroxyl groups is 1. The molecule has 2 rings (SSSR count). The molecule has 0 bridgehead atoms. The molecule has 1 aromatic rings. The number of rotatable bonds is 4. The van der Waals surface area contributed by atoms with Gasteiger partial charge in [-0.1, -0.05) is 12.1 Å². The molecule has 1 amide bonds. The van der Waals surface area contributed by atoms with Crippen molar-refractivity contribution in [2.24, 2.45) is 11.7 Å². The standard InChI is InChI=1S/C15H19N3O2/c1-10(19)13-6-7-18(9-13)14(15(17)20)12-4-2-11(8-16)3-5-12/h2-5,10,13-14,19H,6-7,9H2,1H3,(H2,17,20). The molecule has 1 heterocycles. The molecule has 1 aliphatic heterocycles. The summed E-state index contributed by atoms with van der Waals surface area (Å²) in [5.41, 5.74) is 6.88. The van der Waals surface area contributed by atoms with Crippen molar-refractivity contribution in [1.82, 2.24) is 4.90 Å². The summed E-state index contributed by atoms with van der Waals surface area (Å²) in [4.78, 5) is 13.8. The van der Waals surface area contributed by atoms with E-state index in [-0.39, 0.29) is 12.0 Å². The van der Waals surface area contributed by atoms with E-state index < -0.39 is 11.9 Å². The Balaban J connectivity index is 2.19. The molecular formula is C15H19N3O2. The number of likely N-dealkylation sites (tertiary alicyclic amines) is 1. The molecule has 0 aliphatic carbocycles. The first-order valence-corrected chi connectivity index (χ1v) is 6.74. The summed E-state index contributed by atoms with van der Waals surface area (Å²) in [5, 5.41) is 18.5. The zero-order valence-electron chi connectivity index (χ0n) is 11.5. The largest absolute Gasteiger partial charge is 0.393 e. The van der Waals surface area contributed by atoms with Gasteiger partial charge in [-0.05, 0) is 43.5 Å². The van der Waals surface area contributed by atoms with Gasteiger partial charge in [0.1, 0.15) is 6.04 Å². The molecule has 0 aromatic heterocycles. The Hall–Kier alpha value is -1.90. The SMILES string of the molecule is CC(O)C1CCN(C(C(N)=O)c2ccc(C#N)cc2)C1. The van der Waals surface area contributed by atoms with E-state index in [4.69, 9.17) is 11.0 Å². The van der Waals surface area contributed by atoms with Crippen LogP contribution in [-0.2, 0) is 4.79 Å². The lowest BCUT2D eigenvalue weighted by Crippen LogP contribution is -2.37. The van der Waals surface area contributed by atoms with Crippen LogP contribution in [0.2, 0.25) is 0 Å². The van der Waals surface area contributed by atoms with Crippen LogP contribution < -0.4 is 5.73 Å². The lowest BCUT2D eigenvalue weighted by molar-refractivity contribution is -0.123. The molecule has 3 unspecified atom stereocenters. The minimum absolute atomic E-state index is 0.176. The van der Waals surface area contributed by atoms with Crippen LogP contribution in [0.5, 0.6) is 0 Å². The molecule has 0 radical (unpaired) electrons. The minimum Gasteiger partial charge on any atom is -0.393 e. The van der Waals surface area contributed by atoms with Gasteiger partial charge in [-0.15, -0.1) is 0 Å². The van der Waals surface area contributed by atoms with Crippen LogP contribution in [0.1, 0.15) is 30.5 Å². The number of carbonyl (C=O) groups excluding carboxylic acids is 1. The van der Waals surface area contributed by atoms with Crippen LogP contribution >= 0.6 is 0 Å². The highest BCUT2D eigenvalue weighted by atomic mass is 16.3. The van der Waals surface area contributed by atoms with E-state index in [2.05, 4.69) is 6.07 Å². The number of nitrogens with two attached hydrogens (primary N) is 1. The molecular weight excluding hydrogens is 254 g/mol. The van der Waals surface area contributed by atoms with Crippen molar-refractivity contribution in [1.29, 1.82) is 5.26 Å². The lowest BCUT2D eigenvalue weighted by atomic mass is 10.0. The maximum Gasteiger partial charge on any atom is 0.239 e. The Bertz CT molecular complexity index is 519. The second-order valence-electron chi connectivity index (χ2n) is 5.32. The predicted octanol–water partition coefficient (Wildman–Crippen LogP) is 0.787. The number of primary amides is 1. The monoisotopic (exact) mass is 273 g/mol. The molecule has 20 heavy (non-hydrogen) atoms. The smallest absolute Gasteiger partial charge is 0.239 e. The van der Waals surface area contributed by atoms with Gasteiger partial charge >= 0.3 is 0 Å². The van der Waals surface area contributed by atoms with Gasteiger partial charge in [-0.2, -0.15) is 5.26 Å². The molecule has 0 saturated carbocycles. The fourth-order valence-corrected chi connectivity index (χ4v) is 2.74. The highest BCUT2D eigenvalue weighted by Crippen LogP contribution is 2.29. The Morgan fingerprint density at radius 3 is 2.60 bits per heavy atom. The van der Waals surface area contributed by atoms with Crippen LogP contribution in [0.25, 0.3) is 0 Å². The summed E-state index contributed by atoms with van der Waals surface area (Å²) in [6, 6.07) is 8.47. The summed E-state index contributed by atoms with van der Waals surface area (Å²) in [6.07, 6.45) is 0.479. The van der Waals surface area contributed by atoms with E-state index in [0.29, 0.717) is 12.1 Å². The minimum atomic E-state index is -0.494. The Labute approximate surface area is 118 Å². The van der Waals surface area contributed by atoms with Gasteiger partial charge in [-0.3, -0.25) is 9.69 Å². The van der Waals surface area contributed by atoms with E-state index in [1.165, 1.54) is 0 Å². The summed E-state index contributed by atoms with van der Waals surface area (Å²) in [6.45, 7) is 3.17. The second-order valence-corrected chi connectivity index (χ2v) is 5.32. The van der Waals surface area contributed by atoms with Crippen molar-refractivity contribution < 1.29 is 9.90 Å². The molecule has 1 aliphatic rings. The van der Waals surface area contributed by atoms with Gasteiger partial charge in [0.05, 0.1) is 17.7 Å². The fraction of sp³-hybridized carbons (Fsp3) is 0.467. The number of nitrogens with zero attached hydrogens (tertiary/aromatic N) is 2. The van der Waals surface area contributed by atoms with E-state index in [1.54, 1.807) is 31.2 Å². The van der Waals surface area contributed by atoms with Crippen molar-refractivity contribution in [3.05, 3.63) is 35.4 Å². The molecule has 3 N–H and O–H groups in total. The van der Waals surface area contributed by atoms with Crippen molar-refractivity contribution in [3.8, 4) is 6.07 Å². The third kappa shape index (κ3) is 2.98. The third-order valence-electron chi connectivity index (χ3n) is 3.93. The van der Waals surface area contributed by atoms with Gasteiger partial charge in [0.25, 0.3) is 0 Å². The van der Waals surface area contributed by atoms with Crippen molar-refractivity contribution >= 4 is 5.91 Å². The molecule has 3 atom stereocenters. The normalized spacial score (nSPS) is 22.1. The van der Waals surface area contributed by atoms with Gasteiger partial charge < -0.3 is 10.8 Å². The van der Waals surface area contributed by atoms with Crippen LogP contribution in [0.4, 0.5) is 0 Å². The van der Waals surface area contributed by atoms with Crippen molar-refractivity contribution in [2.75, 3.05) is 13.1 Å². The fourth-order valence-electron chi connectivity index (χ4n) is 2.74. The molecule has 5 heteroatoms. The summed E-state index contributed by atoms with van der Waals surface area (Å²) < 4.78 is 0. The van der Waals surface area contributed by atoms with Crippen LogP contribution in [-0.4, -0.2) is 35.1 Å². The number of nitriles is 1. The summed E-state index contributed by atoms with van der Waals surface area (Å²) in [7, 11) is 0. The predicted molar refractivity (Wildman–Crippen MR) is 74.5 cm³/mol. The topological polar surface area (TPSA) is 90.3 Å². The van der Waals surface area contributed by atoms with E-state index in [0.717, 1.165) is 18.5 Å². The zero-order chi connectivity index (χ0) is 14.7. The average molecular weight is 273 g/mol. The van der Waals surface area contributed by atoms with Crippen molar-refractivity contribution in [2.45, 2.75) is 25.5 Å². The number of amides is 1. The number of carbonyl (C=O) groups is 1. The molecule has 1 saturated heterocycles. The highest BCUT2D eigenvalue weighted by Gasteiger charge is 2.33. The zero-order valence-corrected chi connectivity index (χ0v) is 11.5. The first-order chi connectivity index (χ1) is 9.52. The Morgan fingerprint density at radius 1 is 1.50 bits per heavy atom. The maximum atomic E-state index is 11.8. The number of hydrogen-bond donors (Lipinski definition) is 2. The highest BCUT2D eigenvalue weighted by molar-refractivity contribution is 5.81. The second kappa shape index (κ2) is 6.04. The molecule has 0 spiro atoms. The Kier molecular flexibility index (Phi) is 4.38. The molecule has 1 fully saturated rings. The number of hydrogen-bond acceptors (Lipinski definition) is 4. The molecule has 106 valence electrons. The third-order valence-corrected chi connectivity index (χ3v) is 3.93. The molecule has 5 nitrogen and oxygen atoms in total. The summed E-state index contributed by atoms with van der Waals surface area (Å²) in [5.74, 6) is -0.226. The van der Waals surface area contributed by atoms with E-state index in [9.17, 15) is 9.90 Å². The van der Waals surface area contributed by atoms with Crippen molar-refractivity contribution in [3.63, 3.8) is 0 Å². The number of aliphatic hydroxyl groups excluding tert-OH is 1. The van der Waals surface area contributed by atoms with E-state index in [1.807, 2.05) is 4.90 Å². The van der Waals surface area contributed by atoms with E-state index >= 15 is 0 Å². The van der Waals surface area contributed by atoms with Crippen LogP contribution in [0.15, 0.2) is 24.3 Å². The molecule has 1 aromatic carbocycles. The average Bonchev–Trinajstić information content (AvgIpc) is 2.89. The van der Waals surface area contributed by atoms with Gasteiger partial charge in [0.15, 0.2) is 0 Å². The first kappa shape index (κ1) is 14.5. The van der Waals surface area contributed by atoms with Gasteiger partial charge in [0.2, 0.25) is 5.91 Å². The first-order valence-electron chi connectivity index (χ1n) is 6.74. The maximum absolute atomic E-state index is 11.8. The Morgan fingerprint density at radius 2 is 2.15 bits per heavy atom. The van der Waals surface area contributed by atoms with Gasteiger partial charge in [-0.25, -0.2) is 0 Å². The quantitative estimate of drug-likeness (QED) is 0.848. The van der Waals surface area contributed by atoms with Crippen LogP contribution in [0.3, 0.4) is 0 Å².